The highest BCUT2D eigenvalue weighted by atomic mass is 14.9. The van der Waals surface area contributed by atoms with Crippen LogP contribution in [0.4, 0.5) is 0 Å². The van der Waals surface area contributed by atoms with Crippen LogP contribution in [0.25, 0.3) is 52.0 Å². The Morgan fingerprint density at radius 2 is 1.51 bits per heavy atom. The highest BCUT2D eigenvalue weighted by molar-refractivity contribution is 5.73. The van der Waals surface area contributed by atoms with Crippen molar-refractivity contribution in [1.29, 1.82) is 0 Å². The summed E-state index contributed by atoms with van der Waals surface area (Å²) < 4.78 is 0. The molecular weight excluding hydrogens is 823 g/mol. The topological polar surface area (TPSA) is 38.7 Å². The number of hydrogen-bond donors (Lipinski definition) is 0. The smallest absolute Gasteiger partial charge is 0.160 e. The van der Waals surface area contributed by atoms with Gasteiger partial charge in [0.15, 0.2) is 5.82 Å². The van der Waals surface area contributed by atoms with Gasteiger partial charge >= 0.3 is 0 Å². The molecule has 3 nitrogen and oxygen atoms in total. The lowest BCUT2D eigenvalue weighted by molar-refractivity contribution is 0.777. The number of aromatic nitrogens is 3. The van der Waals surface area contributed by atoms with Gasteiger partial charge in [-0.1, -0.05) is 224 Å². The molecule has 0 saturated heterocycles. The maximum absolute atomic E-state index is 5.14. The zero-order valence-electron chi connectivity index (χ0n) is 42.4. The van der Waals surface area contributed by atoms with E-state index < -0.39 is 0 Å². The number of terminal acetylenes is 1. The monoisotopic (exact) mass is 896 g/mol. The van der Waals surface area contributed by atoms with Crippen molar-refractivity contribution in [2.24, 2.45) is 5.92 Å². The van der Waals surface area contributed by atoms with E-state index in [1.54, 1.807) is 13.1 Å². The SMILES string of the molecule is C#CC.C=CC(=C\C=C\c1cc(-c2ccc(-c3cccnc3)cc2)nc(-c2ccc(\C=C3/CC=CC=C/C3=C/C=C\C)cc2)n1)/C1=C/c2ccccc2CC(C)=CC1C/C=C\C.CC.CC.CC. The van der Waals surface area contributed by atoms with Crippen LogP contribution >= 0.6 is 0 Å². The van der Waals surface area contributed by atoms with E-state index in [-0.39, 0.29) is 5.92 Å². The van der Waals surface area contributed by atoms with Gasteiger partial charge < -0.3 is 0 Å². The lowest BCUT2D eigenvalue weighted by atomic mass is 9.82. The van der Waals surface area contributed by atoms with Crippen LogP contribution in [-0.4, -0.2) is 15.0 Å². The van der Waals surface area contributed by atoms with Crippen molar-refractivity contribution in [3.05, 3.63) is 239 Å². The second kappa shape index (κ2) is 31.5. The van der Waals surface area contributed by atoms with Crippen LogP contribution in [0.1, 0.15) is 104 Å². The Kier molecular flexibility index (Phi) is 25.4. The van der Waals surface area contributed by atoms with Gasteiger partial charge in [0.1, 0.15) is 0 Å². The van der Waals surface area contributed by atoms with Gasteiger partial charge in [-0.25, -0.2) is 9.97 Å². The van der Waals surface area contributed by atoms with Gasteiger partial charge in [-0.15, -0.1) is 12.3 Å². The summed E-state index contributed by atoms with van der Waals surface area (Å²) >= 11 is 0. The molecule has 3 aromatic carbocycles. The molecule has 3 heteroatoms. The van der Waals surface area contributed by atoms with Crippen LogP contribution in [-0.2, 0) is 6.42 Å². The molecule has 1 unspecified atom stereocenters. The van der Waals surface area contributed by atoms with E-state index in [4.69, 9.17) is 9.97 Å². The first kappa shape index (κ1) is 54.9. The van der Waals surface area contributed by atoms with E-state index >= 15 is 0 Å². The predicted octanol–water partition coefficient (Wildman–Crippen LogP) is 18.3. The first-order chi connectivity index (χ1) is 33.4. The van der Waals surface area contributed by atoms with Crippen molar-refractivity contribution in [1.82, 2.24) is 15.0 Å². The van der Waals surface area contributed by atoms with Gasteiger partial charge in [-0.3, -0.25) is 4.98 Å². The molecule has 5 aromatic rings. The van der Waals surface area contributed by atoms with Crippen LogP contribution in [0, 0.1) is 18.3 Å². The second-order valence-electron chi connectivity index (χ2n) is 15.1. The number of benzene rings is 3. The van der Waals surface area contributed by atoms with Gasteiger partial charge in [0.2, 0.25) is 0 Å². The first-order valence-corrected chi connectivity index (χ1v) is 24.3. The summed E-state index contributed by atoms with van der Waals surface area (Å²) in [5.74, 6) is 3.15. The quantitative estimate of drug-likeness (QED) is 0.0753. The number of allylic oxidation sites excluding steroid dienone is 18. The summed E-state index contributed by atoms with van der Waals surface area (Å²) in [6.45, 7) is 24.3. The van der Waals surface area contributed by atoms with Gasteiger partial charge in [-0.05, 0) is 115 Å². The number of hydrogen-bond acceptors (Lipinski definition) is 3. The van der Waals surface area contributed by atoms with Crippen molar-refractivity contribution in [2.75, 3.05) is 0 Å². The van der Waals surface area contributed by atoms with Crippen molar-refractivity contribution in [3.8, 4) is 46.1 Å². The summed E-state index contributed by atoms with van der Waals surface area (Å²) in [5, 5.41) is 0. The molecule has 0 aliphatic heterocycles. The number of nitrogens with zero attached hydrogens (tertiary/aromatic N) is 3. The van der Waals surface area contributed by atoms with Gasteiger partial charge in [-0.2, -0.15) is 0 Å². The van der Waals surface area contributed by atoms with E-state index in [0.29, 0.717) is 5.82 Å². The average Bonchev–Trinajstić information content (AvgIpc) is 3.62. The minimum Gasteiger partial charge on any atom is -0.264 e. The van der Waals surface area contributed by atoms with Crippen molar-refractivity contribution < 1.29 is 0 Å². The molecule has 0 N–H and O–H groups in total. The van der Waals surface area contributed by atoms with Crippen LogP contribution in [0.5, 0.6) is 0 Å². The van der Waals surface area contributed by atoms with E-state index in [0.717, 1.165) is 64.0 Å². The molecule has 0 spiro atoms. The van der Waals surface area contributed by atoms with Crippen LogP contribution in [0.15, 0.2) is 217 Å². The normalized spacial score (nSPS) is 16.1. The maximum Gasteiger partial charge on any atom is 0.160 e. The molecule has 68 heavy (non-hydrogen) atoms. The van der Waals surface area contributed by atoms with Crippen molar-refractivity contribution in [2.45, 2.75) is 88.5 Å². The average molecular weight is 896 g/mol. The summed E-state index contributed by atoms with van der Waals surface area (Å²) in [7, 11) is 0. The Balaban J connectivity index is 0.00000128. The zero-order chi connectivity index (χ0) is 49.5. The largest absolute Gasteiger partial charge is 0.264 e. The third-order valence-electron chi connectivity index (χ3n) is 10.6. The van der Waals surface area contributed by atoms with Gasteiger partial charge in [0, 0.05) is 29.4 Å². The van der Waals surface area contributed by atoms with E-state index in [1.807, 2.05) is 66.8 Å². The Morgan fingerprint density at radius 3 is 2.19 bits per heavy atom. The maximum atomic E-state index is 5.14. The van der Waals surface area contributed by atoms with Crippen LogP contribution in [0.2, 0.25) is 0 Å². The molecular formula is C65H73N3. The molecule has 0 amide bonds. The molecule has 0 saturated carbocycles. The van der Waals surface area contributed by atoms with E-state index in [9.17, 15) is 0 Å². The second-order valence-corrected chi connectivity index (χ2v) is 15.1. The molecule has 7 rings (SSSR count). The van der Waals surface area contributed by atoms with Crippen LogP contribution in [0.3, 0.4) is 0 Å². The highest BCUT2D eigenvalue weighted by Gasteiger charge is 2.18. The predicted molar refractivity (Wildman–Crippen MR) is 301 cm³/mol. The number of fused-ring (bicyclic) bond motifs is 1. The fraction of sp³-hybridized carbons (Fsp3) is 0.215. The molecule has 1 atom stereocenters. The van der Waals surface area contributed by atoms with E-state index in [1.165, 1.54) is 33.4 Å². The first-order valence-electron chi connectivity index (χ1n) is 24.3. The zero-order valence-corrected chi connectivity index (χ0v) is 42.4. The number of pyridine rings is 1. The van der Waals surface area contributed by atoms with E-state index in [2.05, 4.69) is 214 Å². The molecule has 2 aliphatic carbocycles. The molecule has 0 bridgehead atoms. The fourth-order valence-electron chi connectivity index (χ4n) is 7.50. The fourth-order valence-corrected chi connectivity index (χ4v) is 7.50. The highest BCUT2D eigenvalue weighted by Crippen LogP contribution is 2.34. The lowest BCUT2D eigenvalue weighted by Gasteiger charge is -2.22. The molecule has 0 fully saturated rings. The summed E-state index contributed by atoms with van der Waals surface area (Å²) in [4.78, 5) is 14.6. The number of rotatable bonds is 11. The molecule has 2 aromatic heterocycles. The minimum atomic E-state index is 0.231. The Morgan fingerprint density at radius 1 is 0.809 bits per heavy atom. The van der Waals surface area contributed by atoms with Crippen LogP contribution < -0.4 is 0 Å². The lowest BCUT2D eigenvalue weighted by Crippen LogP contribution is -2.07. The van der Waals surface area contributed by atoms with Gasteiger partial charge in [0.25, 0.3) is 0 Å². The van der Waals surface area contributed by atoms with Crippen molar-refractivity contribution >= 4 is 18.2 Å². The molecule has 2 heterocycles. The third kappa shape index (κ3) is 16.8. The summed E-state index contributed by atoms with van der Waals surface area (Å²) in [5.41, 5.74) is 15.8. The minimum absolute atomic E-state index is 0.231. The summed E-state index contributed by atoms with van der Waals surface area (Å²) in [6, 6.07) is 31.9. The Bertz CT molecular complexity index is 2680. The Hall–Kier alpha value is -7.41. The molecule has 0 radical (unpaired) electrons. The molecule has 2 aliphatic rings. The van der Waals surface area contributed by atoms with Crippen molar-refractivity contribution in [3.63, 3.8) is 0 Å². The molecule has 348 valence electrons. The third-order valence-corrected chi connectivity index (χ3v) is 10.6. The Labute approximate surface area is 411 Å². The standard InChI is InChI=1S/C56H51N3.C3H4.3C2H6/c1-5-8-17-44-19-11-10-12-20-49(44)37-42-26-28-47(29-27-42)56-58-53(39-55(59-56)46-32-30-45(31-33-46)52-24-16-34-57-40-52)25-15-23-43(7-3)54-38-50-22-14-13-21-48(50)35-41(4)36-51(54)18-9-6-2;1-3-2;3*1-2/h5-17,19,21-34,36-40,51H,3,18,20,35H2,1-2,4H3;1H,2H3;3*1-2H3/b8-5-,9-6-,25-15+,41-36?,43-23+,44-17-,49-37+,54-38-;;;;. The summed E-state index contributed by atoms with van der Waals surface area (Å²) in [6.07, 6.45) is 45.7. The van der Waals surface area contributed by atoms with Gasteiger partial charge in [0.05, 0.1) is 11.4 Å².